The average Bonchev–Trinajstić information content (AvgIpc) is 2.74. The van der Waals surface area contributed by atoms with Gasteiger partial charge in [0.05, 0.1) is 18.6 Å². The van der Waals surface area contributed by atoms with Crippen LogP contribution in [-0.4, -0.2) is 59.2 Å². The number of amides is 1. The number of piperidine rings is 1. The van der Waals surface area contributed by atoms with Crippen molar-refractivity contribution in [2.45, 2.75) is 51.6 Å². The summed E-state index contributed by atoms with van der Waals surface area (Å²) in [6.07, 6.45) is 6.08. The molecule has 7 nitrogen and oxygen atoms in total. The molecule has 2 N–H and O–H groups in total. The zero-order valence-corrected chi connectivity index (χ0v) is 16.0. The first-order chi connectivity index (χ1) is 12.5. The van der Waals surface area contributed by atoms with Gasteiger partial charge in [0.2, 0.25) is 11.9 Å². The number of hydrogen-bond donors (Lipinski definition) is 1. The van der Waals surface area contributed by atoms with Crippen molar-refractivity contribution in [1.29, 1.82) is 0 Å². The predicted octanol–water partition coefficient (Wildman–Crippen LogP) is 2.08. The van der Waals surface area contributed by atoms with Crippen LogP contribution in [0.3, 0.4) is 0 Å². The van der Waals surface area contributed by atoms with E-state index >= 15 is 0 Å². The number of rotatable bonds is 5. The fraction of sp³-hybridized carbons (Fsp3) is 0.737. The Kier molecular flexibility index (Phi) is 5.96. The van der Waals surface area contributed by atoms with Crippen molar-refractivity contribution in [3.05, 3.63) is 12.3 Å². The molecule has 0 saturated carbocycles. The molecule has 144 valence electrons. The molecule has 0 unspecified atom stereocenters. The summed E-state index contributed by atoms with van der Waals surface area (Å²) in [5, 5.41) is 0. The molecular weight excluding hydrogens is 330 g/mol. The van der Waals surface area contributed by atoms with Crippen LogP contribution in [0.2, 0.25) is 0 Å². The minimum absolute atomic E-state index is 0.242. The molecule has 3 rings (SSSR count). The van der Waals surface area contributed by atoms with Gasteiger partial charge in [-0.25, -0.2) is 4.98 Å². The van der Waals surface area contributed by atoms with Crippen LogP contribution in [0.15, 0.2) is 12.3 Å². The van der Waals surface area contributed by atoms with Crippen LogP contribution in [-0.2, 0) is 9.53 Å². The Labute approximate surface area is 155 Å². The Morgan fingerprint density at radius 1 is 1.31 bits per heavy atom. The molecule has 3 heterocycles. The summed E-state index contributed by atoms with van der Waals surface area (Å²) in [4.78, 5) is 25.2. The Bertz CT molecular complexity index is 614. The van der Waals surface area contributed by atoms with Crippen molar-refractivity contribution in [2.24, 2.45) is 5.92 Å². The first-order valence-corrected chi connectivity index (χ1v) is 9.73. The fourth-order valence-corrected chi connectivity index (χ4v) is 3.87. The van der Waals surface area contributed by atoms with Gasteiger partial charge >= 0.3 is 0 Å². The maximum Gasteiger partial charge on any atom is 0.225 e. The van der Waals surface area contributed by atoms with Crippen LogP contribution in [0.1, 0.15) is 46.0 Å². The minimum atomic E-state index is -0.320. The van der Waals surface area contributed by atoms with Crippen LogP contribution in [0.25, 0.3) is 0 Å². The molecule has 0 atom stereocenters. The Hall–Kier alpha value is -1.89. The summed E-state index contributed by atoms with van der Waals surface area (Å²) in [7, 11) is 0. The third kappa shape index (κ3) is 4.63. The summed E-state index contributed by atoms with van der Waals surface area (Å²) >= 11 is 0. The van der Waals surface area contributed by atoms with Gasteiger partial charge in [0.25, 0.3) is 0 Å². The number of hydrogen-bond acceptors (Lipinski definition) is 6. The predicted molar refractivity (Wildman–Crippen MR) is 102 cm³/mol. The molecule has 26 heavy (non-hydrogen) atoms. The van der Waals surface area contributed by atoms with Crippen LogP contribution in [0.4, 0.5) is 11.8 Å². The topological polar surface area (TPSA) is 84.6 Å². The van der Waals surface area contributed by atoms with Gasteiger partial charge in [-0.15, -0.1) is 0 Å². The molecule has 1 amide bonds. The third-order valence-electron chi connectivity index (χ3n) is 5.46. The van der Waals surface area contributed by atoms with E-state index < -0.39 is 0 Å². The number of nitrogens with zero attached hydrogens (tertiary/aromatic N) is 4. The van der Waals surface area contributed by atoms with Crippen LogP contribution >= 0.6 is 0 Å². The standard InChI is InChI=1S/C19H31N5O2/c1-15(2)4-3-9-24-12-13-26-19(14-17(24)25)6-10-23(11-7-19)16-5-8-21-18(20)22-16/h5,8,15H,3-4,6-7,9-14H2,1-2H3,(H2,20,21,22). The normalized spacial score (nSPS) is 20.7. The summed E-state index contributed by atoms with van der Waals surface area (Å²) in [6.45, 7) is 8.28. The van der Waals surface area contributed by atoms with Crippen molar-refractivity contribution in [1.82, 2.24) is 14.9 Å². The first kappa shape index (κ1) is 18.9. The molecule has 0 aromatic carbocycles. The van der Waals surface area contributed by atoms with E-state index in [1.165, 1.54) is 0 Å². The van der Waals surface area contributed by atoms with Gasteiger partial charge in [-0.3, -0.25) is 4.79 Å². The number of aromatic nitrogens is 2. The zero-order chi connectivity index (χ0) is 18.6. The summed E-state index contributed by atoms with van der Waals surface area (Å²) < 4.78 is 6.22. The maximum absolute atomic E-state index is 12.8. The maximum atomic E-state index is 12.8. The second-order valence-electron chi connectivity index (χ2n) is 7.89. The molecule has 2 fully saturated rings. The molecule has 2 saturated heterocycles. The molecule has 1 aromatic heterocycles. The largest absolute Gasteiger partial charge is 0.372 e. The lowest BCUT2D eigenvalue weighted by Crippen LogP contribution is -2.47. The van der Waals surface area contributed by atoms with E-state index in [0.29, 0.717) is 31.4 Å². The molecule has 0 aliphatic carbocycles. The lowest BCUT2D eigenvalue weighted by Gasteiger charge is -2.40. The SMILES string of the molecule is CC(C)CCCN1CCOC2(CCN(c3ccnc(N)n3)CC2)CC1=O. The summed E-state index contributed by atoms with van der Waals surface area (Å²) in [5.41, 5.74) is 5.37. The van der Waals surface area contributed by atoms with Gasteiger partial charge in [-0.1, -0.05) is 13.8 Å². The van der Waals surface area contributed by atoms with Gasteiger partial charge in [-0.2, -0.15) is 4.98 Å². The average molecular weight is 361 g/mol. The van der Waals surface area contributed by atoms with E-state index in [-0.39, 0.29) is 11.5 Å². The molecule has 2 aliphatic heterocycles. The summed E-state index contributed by atoms with van der Waals surface area (Å²) in [5.74, 6) is 2.06. The van der Waals surface area contributed by atoms with Gasteiger partial charge in [0.15, 0.2) is 0 Å². The summed E-state index contributed by atoms with van der Waals surface area (Å²) in [6, 6.07) is 1.88. The highest BCUT2D eigenvalue weighted by Gasteiger charge is 2.40. The van der Waals surface area contributed by atoms with Crippen LogP contribution in [0.5, 0.6) is 0 Å². The number of nitrogens with two attached hydrogens (primary N) is 1. The Morgan fingerprint density at radius 3 is 2.77 bits per heavy atom. The Morgan fingerprint density at radius 2 is 2.08 bits per heavy atom. The lowest BCUT2D eigenvalue weighted by atomic mass is 9.87. The van der Waals surface area contributed by atoms with Crippen LogP contribution < -0.4 is 10.6 Å². The van der Waals surface area contributed by atoms with Crippen molar-refractivity contribution in [2.75, 3.05) is 43.4 Å². The van der Waals surface area contributed by atoms with Gasteiger partial charge < -0.3 is 20.3 Å². The third-order valence-corrected chi connectivity index (χ3v) is 5.46. The van der Waals surface area contributed by atoms with Crippen molar-refractivity contribution < 1.29 is 9.53 Å². The van der Waals surface area contributed by atoms with Gasteiger partial charge in [0, 0.05) is 32.4 Å². The second-order valence-corrected chi connectivity index (χ2v) is 7.89. The number of carbonyl (C=O) groups excluding carboxylic acids is 1. The molecule has 1 spiro atoms. The van der Waals surface area contributed by atoms with E-state index in [1.807, 2.05) is 11.0 Å². The first-order valence-electron chi connectivity index (χ1n) is 9.73. The lowest BCUT2D eigenvalue weighted by molar-refractivity contribution is -0.134. The second kappa shape index (κ2) is 8.20. The van der Waals surface area contributed by atoms with E-state index in [9.17, 15) is 4.79 Å². The van der Waals surface area contributed by atoms with Gasteiger partial charge in [-0.05, 0) is 37.7 Å². The molecule has 0 bridgehead atoms. The zero-order valence-electron chi connectivity index (χ0n) is 16.0. The number of nitrogen functional groups attached to an aromatic ring is 1. The molecular formula is C19H31N5O2. The molecule has 7 heteroatoms. The Balaban J connectivity index is 1.56. The van der Waals surface area contributed by atoms with E-state index in [1.54, 1.807) is 6.20 Å². The molecule has 0 radical (unpaired) electrons. The van der Waals surface area contributed by atoms with Crippen molar-refractivity contribution in [3.63, 3.8) is 0 Å². The number of ether oxygens (including phenoxy) is 1. The molecule has 1 aromatic rings. The van der Waals surface area contributed by atoms with Crippen LogP contribution in [0, 0.1) is 5.92 Å². The highest BCUT2D eigenvalue weighted by Crippen LogP contribution is 2.33. The van der Waals surface area contributed by atoms with E-state index in [0.717, 1.165) is 51.1 Å². The number of carbonyl (C=O) groups is 1. The highest BCUT2D eigenvalue weighted by atomic mass is 16.5. The number of anilines is 2. The highest BCUT2D eigenvalue weighted by molar-refractivity contribution is 5.77. The molecule has 2 aliphatic rings. The minimum Gasteiger partial charge on any atom is -0.372 e. The quantitative estimate of drug-likeness (QED) is 0.864. The fourth-order valence-electron chi connectivity index (χ4n) is 3.87. The van der Waals surface area contributed by atoms with Crippen molar-refractivity contribution in [3.8, 4) is 0 Å². The van der Waals surface area contributed by atoms with E-state index in [4.69, 9.17) is 10.5 Å². The monoisotopic (exact) mass is 361 g/mol. The van der Waals surface area contributed by atoms with Gasteiger partial charge in [0.1, 0.15) is 5.82 Å². The van der Waals surface area contributed by atoms with Crippen molar-refractivity contribution >= 4 is 17.7 Å². The van der Waals surface area contributed by atoms with E-state index in [2.05, 4.69) is 28.7 Å². The smallest absolute Gasteiger partial charge is 0.225 e.